The van der Waals surface area contributed by atoms with Gasteiger partial charge >= 0.3 is 0 Å². The number of hydrogen-bond donors (Lipinski definition) is 0. The van der Waals surface area contributed by atoms with Gasteiger partial charge in [0.25, 0.3) is 11.8 Å². The molecule has 1 aliphatic rings. The summed E-state index contributed by atoms with van der Waals surface area (Å²) in [5, 5.41) is 0.810. The summed E-state index contributed by atoms with van der Waals surface area (Å²) in [6.07, 6.45) is 0. The van der Waals surface area contributed by atoms with Crippen molar-refractivity contribution < 1.29 is 19.1 Å². The largest absolute Gasteiger partial charge is 0.497 e. The van der Waals surface area contributed by atoms with Crippen LogP contribution in [0.15, 0.2) is 36.4 Å². The minimum Gasteiger partial charge on any atom is -0.497 e. The van der Waals surface area contributed by atoms with Crippen LogP contribution in [0.2, 0.25) is 10.0 Å². The van der Waals surface area contributed by atoms with Crippen molar-refractivity contribution in [2.45, 2.75) is 0 Å². The van der Waals surface area contributed by atoms with Crippen LogP contribution >= 0.6 is 23.2 Å². The molecule has 6 nitrogen and oxygen atoms in total. The number of piperazine rings is 1. The maximum atomic E-state index is 12.9. The van der Waals surface area contributed by atoms with Crippen molar-refractivity contribution in [3.8, 4) is 11.5 Å². The SMILES string of the molecule is COc1cc(OC)cc(C(=O)N2CCN(C(=O)c3cc(Cl)ccc3Cl)CC2)c1. The van der Waals surface area contributed by atoms with Gasteiger partial charge in [0.2, 0.25) is 0 Å². The molecule has 0 N–H and O–H groups in total. The molecule has 1 fully saturated rings. The van der Waals surface area contributed by atoms with Crippen molar-refractivity contribution in [3.63, 3.8) is 0 Å². The molecule has 0 radical (unpaired) electrons. The Morgan fingerprint density at radius 3 is 1.89 bits per heavy atom. The van der Waals surface area contributed by atoms with Crippen LogP contribution in [-0.4, -0.2) is 62.0 Å². The minimum absolute atomic E-state index is 0.134. The zero-order valence-electron chi connectivity index (χ0n) is 15.6. The molecule has 1 saturated heterocycles. The summed E-state index contributed by atoms with van der Waals surface area (Å²) >= 11 is 12.1. The minimum atomic E-state index is -0.192. The first-order valence-electron chi connectivity index (χ1n) is 8.69. The Hall–Kier alpha value is -2.44. The fourth-order valence-electron chi connectivity index (χ4n) is 3.06. The lowest BCUT2D eigenvalue weighted by Crippen LogP contribution is -2.50. The van der Waals surface area contributed by atoms with Gasteiger partial charge in [-0.1, -0.05) is 23.2 Å². The highest BCUT2D eigenvalue weighted by Crippen LogP contribution is 2.25. The zero-order chi connectivity index (χ0) is 20.3. The van der Waals surface area contributed by atoms with Gasteiger partial charge in [0.1, 0.15) is 11.5 Å². The van der Waals surface area contributed by atoms with Crippen molar-refractivity contribution in [1.82, 2.24) is 9.80 Å². The average molecular weight is 423 g/mol. The Morgan fingerprint density at radius 2 is 1.36 bits per heavy atom. The summed E-state index contributed by atoms with van der Waals surface area (Å²) in [5.41, 5.74) is 0.848. The first kappa shape index (κ1) is 20.3. The third-order valence-electron chi connectivity index (χ3n) is 4.61. The van der Waals surface area contributed by atoms with Gasteiger partial charge in [0, 0.05) is 42.8 Å². The van der Waals surface area contributed by atoms with Gasteiger partial charge in [0.15, 0.2) is 0 Å². The molecule has 8 heteroatoms. The highest BCUT2D eigenvalue weighted by atomic mass is 35.5. The number of rotatable bonds is 4. The van der Waals surface area contributed by atoms with Crippen LogP contribution < -0.4 is 9.47 Å². The molecule has 2 aromatic rings. The fourth-order valence-corrected chi connectivity index (χ4v) is 3.43. The lowest BCUT2D eigenvalue weighted by Gasteiger charge is -2.35. The molecule has 0 spiro atoms. The van der Waals surface area contributed by atoms with Crippen molar-refractivity contribution in [2.75, 3.05) is 40.4 Å². The molecule has 1 heterocycles. The Balaban J connectivity index is 1.69. The van der Waals surface area contributed by atoms with E-state index < -0.39 is 0 Å². The van der Waals surface area contributed by atoms with Gasteiger partial charge in [-0.2, -0.15) is 0 Å². The summed E-state index contributed by atoms with van der Waals surface area (Å²) in [5.74, 6) is 0.770. The predicted octanol–water partition coefficient (Wildman–Crippen LogP) is 3.61. The summed E-state index contributed by atoms with van der Waals surface area (Å²) in [6, 6.07) is 9.86. The predicted molar refractivity (Wildman–Crippen MR) is 108 cm³/mol. The maximum Gasteiger partial charge on any atom is 0.255 e. The second kappa shape index (κ2) is 8.71. The molecule has 0 aromatic heterocycles. The molecule has 28 heavy (non-hydrogen) atoms. The van der Waals surface area contributed by atoms with Crippen LogP contribution in [0, 0.1) is 0 Å². The summed E-state index contributed by atoms with van der Waals surface area (Å²) in [7, 11) is 3.07. The molecule has 0 bridgehead atoms. The van der Waals surface area contributed by atoms with Crippen LogP contribution in [0.3, 0.4) is 0 Å². The molecular weight excluding hydrogens is 403 g/mol. The Bertz CT molecular complexity index is 874. The van der Waals surface area contributed by atoms with Gasteiger partial charge in [-0.05, 0) is 30.3 Å². The van der Waals surface area contributed by atoms with E-state index in [9.17, 15) is 9.59 Å². The third kappa shape index (κ3) is 4.34. The summed E-state index contributed by atoms with van der Waals surface area (Å²) in [6.45, 7) is 1.66. The number of methoxy groups -OCH3 is 2. The fraction of sp³-hybridized carbons (Fsp3) is 0.300. The molecule has 0 aliphatic carbocycles. The number of carbonyl (C=O) groups excluding carboxylic acids is 2. The highest BCUT2D eigenvalue weighted by Gasteiger charge is 2.27. The molecule has 148 valence electrons. The quantitative estimate of drug-likeness (QED) is 0.754. The van der Waals surface area contributed by atoms with Gasteiger partial charge in [0.05, 0.1) is 24.8 Å². The van der Waals surface area contributed by atoms with Crippen molar-refractivity contribution in [3.05, 3.63) is 57.6 Å². The molecule has 2 amide bonds. The zero-order valence-corrected chi connectivity index (χ0v) is 17.1. The molecule has 3 rings (SSSR count). The van der Waals surface area contributed by atoms with Crippen LogP contribution in [0.1, 0.15) is 20.7 Å². The number of carbonyl (C=O) groups is 2. The lowest BCUT2D eigenvalue weighted by molar-refractivity contribution is 0.0535. The van der Waals surface area contributed by atoms with E-state index >= 15 is 0 Å². The maximum absolute atomic E-state index is 12.9. The van der Waals surface area contributed by atoms with Gasteiger partial charge < -0.3 is 19.3 Å². The number of halogens is 2. The van der Waals surface area contributed by atoms with Crippen molar-refractivity contribution in [1.29, 1.82) is 0 Å². The first-order valence-corrected chi connectivity index (χ1v) is 9.45. The first-order chi connectivity index (χ1) is 13.4. The number of ether oxygens (including phenoxy) is 2. The number of nitrogens with zero attached hydrogens (tertiary/aromatic N) is 2. The van der Waals surface area contributed by atoms with Gasteiger partial charge in [-0.15, -0.1) is 0 Å². The number of benzene rings is 2. The average Bonchev–Trinajstić information content (AvgIpc) is 2.74. The Labute approximate surface area is 173 Å². The van der Waals surface area contributed by atoms with E-state index in [1.807, 2.05) is 0 Å². The van der Waals surface area contributed by atoms with E-state index in [2.05, 4.69) is 0 Å². The standard InChI is InChI=1S/C20H20Cl2N2O4/c1-27-15-9-13(10-16(12-15)28-2)19(25)23-5-7-24(8-6-23)20(26)17-11-14(21)3-4-18(17)22/h3-4,9-12H,5-8H2,1-2H3. The van der Waals surface area contributed by atoms with Crippen LogP contribution in [0.25, 0.3) is 0 Å². The molecule has 1 aliphatic heterocycles. The molecule has 0 atom stereocenters. The van der Waals surface area contributed by atoms with E-state index in [-0.39, 0.29) is 11.8 Å². The Kier molecular flexibility index (Phi) is 6.31. The van der Waals surface area contributed by atoms with E-state index in [1.54, 1.807) is 46.2 Å². The van der Waals surface area contributed by atoms with E-state index in [0.717, 1.165) is 0 Å². The normalized spacial score (nSPS) is 14.0. The molecule has 0 saturated carbocycles. The van der Waals surface area contributed by atoms with Gasteiger partial charge in [-0.25, -0.2) is 0 Å². The second-order valence-corrected chi connectivity index (χ2v) is 7.15. The molecule has 0 unspecified atom stereocenters. The highest BCUT2D eigenvalue weighted by molar-refractivity contribution is 6.35. The van der Waals surface area contributed by atoms with Crippen LogP contribution in [-0.2, 0) is 0 Å². The Morgan fingerprint density at radius 1 is 0.821 bits per heavy atom. The van der Waals surface area contributed by atoms with E-state index in [0.29, 0.717) is 58.9 Å². The topological polar surface area (TPSA) is 59.1 Å². The number of amides is 2. The van der Waals surface area contributed by atoms with Gasteiger partial charge in [-0.3, -0.25) is 9.59 Å². The summed E-state index contributed by atoms with van der Waals surface area (Å²) < 4.78 is 10.5. The summed E-state index contributed by atoms with van der Waals surface area (Å²) in [4.78, 5) is 29.0. The second-order valence-electron chi connectivity index (χ2n) is 6.31. The van der Waals surface area contributed by atoms with Crippen LogP contribution in [0.4, 0.5) is 0 Å². The van der Waals surface area contributed by atoms with E-state index in [1.165, 1.54) is 14.2 Å². The molecular formula is C20H20Cl2N2O4. The van der Waals surface area contributed by atoms with E-state index in [4.69, 9.17) is 32.7 Å². The van der Waals surface area contributed by atoms with Crippen molar-refractivity contribution in [2.24, 2.45) is 0 Å². The molecule has 2 aromatic carbocycles. The monoisotopic (exact) mass is 422 g/mol. The third-order valence-corrected chi connectivity index (χ3v) is 5.18. The smallest absolute Gasteiger partial charge is 0.255 e. The lowest BCUT2D eigenvalue weighted by atomic mass is 10.1. The van der Waals surface area contributed by atoms with Crippen molar-refractivity contribution >= 4 is 35.0 Å². The van der Waals surface area contributed by atoms with Crippen LogP contribution in [0.5, 0.6) is 11.5 Å². The number of hydrogen-bond acceptors (Lipinski definition) is 4.